The predicted molar refractivity (Wildman–Crippen MR) is 179 cm³/mol. The molecule has 1 N–H and O–H groups in total. The lowest BCUT2D eigenvalue weighted by molar-refractivity contribution is -0.131. The van der Waals surface area contributed by atoms with Gasteiger partial charge >= 0.3 is 0 Å². The van der Waals surface area contributed by atoms with Gasteiger partial charge in [0.05, 0.1) is 18.8 Å². The van der Waals surface area contributed by atoms with Gasteiger partial charge in [-0.2, -0.15) is 0 Å². The van der Waals surface area contributed by atoms with Gasteiger partial charge in [0, 0.05) is 62.9 Å². The molecule has 8 heteroatoms. The number of amides is 1. The Morgan fingerprint density at radius 3 is 2.16 bits per heavy atom. The molecule has 8 nitrogen and oxygen atoms in total. The molecule has 2 fully saturated rings. The Morgan fingerprint density at radius 2 is 1.47 bits per heavy atom. The molecule has 0 atom stereocenters. The zero-order valence-corrected chi connectivity index (χ0v) is 25.6. The molecule has 8 rings (SSSR count). The van der Waals surface area contributed by atoms with Crippen LogP contribution >= 0.6 is 0 Å². The fourth-order valence-electron chi connectivity index (χ4n) is 7.47. The average Bonchev–Trinajstić information content (AvgIpc) is 3.73. The van der Waals surface area contributed by atoms with Crippen LogP contribution in [0.25, 0.3) is 16.9 Å². The summed E-state index contributed by atoms with van der Waals surface area (Å²) in [5.74, 6) is 0.927. The molecule has 0 saturated carbocycles. The highest BCUT2D eigenvalue weighted by molar-refractivity contribution is 5.84. The first-order valence-electron chi connectivity index (χ1n) is 16.3. The second-order valence-electron chi connectivity index (χ2n) is 12.4. The van der Waals surface area contributed by atoms with Crippen molar-refractivity contribution in [1.29, 1.82) is 0 Å². The molecule has 1 amide bonds. The van der Waals surface area contributed by atoms with Gasteiger partial charge in [-0.25, -0.2) is 4.98 Å². The average molecular weight is 598 g/mol. The molecule has 3 aromatic carbocycles. The number of rotatable bonds is 6. The van der Waals surface area contributed by atoms with Gasteiger partial charge in [-0.05, 0) is 60.1 Å². The molecule has 0 spiro atoms. The number of aryl methyl sites for hydroxylation is 2. The van der Waals surface area contributed by atoms with Gasteiger partial charge in [-0.1, -0.05) is 60.7 Å². The Kier molecular flexibility index (Phi) is 7.43. The zero-order chi connectivity index (χ0) is 30.2. The van der Waals surface area contributed by atoms with Crippen molar-refractivity contribution in [2.45, 2.75) is 31.7 Å². The third-order valence-electron chi connectivity index (χ3n) is 9.84. The molecular weight excluding hydrogens is 558 g/mol. The van der Waals surface area contributed by atoms with Crippen molar-refractivity contribution in [2.75, 3.05) is 56.0 Å². The van der Waals surface area contributed by atoms with Crippen LogP contribution in [0.3, 0.4) is 0 Å². The van der Waals surface area contributed by atoms with Gasteiger partial charge < -0.3 is 15.1 Å². The van der Waals surface area contributed by atoms with Gasteiger partial charge in [0.2, 0.25) is 5.91 Å². The standard InChI is InChI=1S/C37H39N7O/c45-34(42-21-23-43(24-22-42)36-31-9-3-1-7-27(31)11-12-28-8-2-4-10-32(28)36)26-39-37-35(40-33-25-38-17-20-44(33)37)29-13-15-30(16-14-29)41-18-5-6-19-41/h1-4,7-10,13-17,20,25,36,39H,5-6,11-12,18-19,21-24,26H2. The number of anilines is 2. The highest BCUT2D eigenvalue weighted by atomic mass is 16.2. The lowest BCUT2D eigenvalue weighted by Crippen LogP contribution is -2.51. The first kappa shape index (κ1) is 27.8. The fourth-order valence-corrected chi connectivity index (χ4v) is 7.47. The Labute approximate surface area is 264 Å². The van der Waals surface area contributed by atoms with E-state index in [4.69, 9.17) is 4.98 Å². The van der Waals surface area contributed by atoms with E-state index in [1.807, 2.05) is 15.5 Å². The number of aromatic nitrogens is 3. The summed E-state index contributed by atoms with van der Waals surface area (Å²) in [6, 6.07) is 26.7. The monoisotopic (exact) mass is 597 g/mol. The quantitative estimate of drug-likeness (QED) is 0.281. The largest absolute Gasteiger partial charge is 0.372 e. The van der Waals surface area contributed by atoms with Crippen LogP contribution in [0.5, 0.6) is 0 Å². The van der Waals surface area contributed by atoms with Gasteiger partial charge in [0.1, 0.15) is 11.5 Å². The van der Waals surface area contributed by atoms with Crippen LogP contribution in [0.4, 0.5) is 11.5 Å². The number of imidazole rings is 1. The van der Waals surface area contributed by atoms with Crippen molar-refractivity contribution < 1.29 is 4.79 Å². The van der Waals surface area contributed by atoms with Crippen molar-refractivity contribution in [2.24, 2.45) is 0 Å². The summed E-state index contributed by atoms with van der Waals surface area (Å²) in [6.07, 6.45) is 10.1. The van der Waals surface area contributed by atoms with Crippen molar-refractivity contribution in [1.82, 2.24) is 24.2 Å². The maximum Gasteiger partial charge on any atom is 0.242 e. The van der Waals surface area contributed by atoms with Gasteiger partial charge in [-0.3, -0.25) is 19.1 Å². The SMILES string of the molecule is O=C(CNc1c(-c2ccc(N3CCCC3)cc2)nc2cnccn12)N1CCN(C2c3ccccc3CCc3ccccc32)CC1. The number of hydrogen-bond donors (Lipinski definition) is 1. The highest BCUT2D eigenvalue weighted by Crippen LogP contribution is 2.37. The molecule has 0 bridgehead atoms. The number of hydrogen-bond acceptors (Lipinski definition) is 6. The van der Waals surface area contributed by atoms with E-state index in [9.17, 15) is 4.79 Å². The minimum Gasteiger partial charge on any atom is -0.372 e. The van der Waals surface area contributed by atoms with E-state index >= 15 is 0 Å². The number of nitrogens with zero attached hydrogens (tertiary/aromatic N) is 6. The number of fused-ring (bicyclic) bond motifs is 3. The summed E-state index contributed by atoms with van der Waals surface area (Å²) >= 11 is 0. The van der Waals surface area contributed by atoms with Crippen LogP contribution in [0.1, 0.15) is 41.1 Å². The van der Waals surface area contributed by atoms with Crippen LogP contribution in [-0.2, 0) is 17.6 Å². The normalized spacial score (nSPS) is 17.2. The Bertz CT molecular complexity index is 1770. The topological polar surface area (TPSA) is 69.0 Å². The first-order valence-corrected chi connectivity index (χ1v) is 16.3. The molecular formula is C37H39N7O. The van der Waals surface area contributed by atoms with Gasteiger partial charge in [0.15, 0.2) is 5.65 Å². The molecule has 1 aliphatic carbocycles. The van der Waals surface area contributed by atoms with E-state index in [1.54, 1.807) is 12.4 Å². The second kappa shape index (κ2) is 12.0. The third kappa shape index (κ3) is 5.33. The minimum atomic E-state index is 0.107. The number of carbonyl (C=O) groups is 1. The van der Waals surface area contributed by atoms with Crippen LogP contribution in [0, 0.1) is 0 Å². The minimum absolute atomic E-state index is 0.107. The third-order valence-corrected chi connectivity index (χ3v) is 9.84. The van der Waals surface area contributed by atoms with Crippen molar-refractivity contribution in [3.8, 4) is 11.3 Å². The van der Waals surface area contributed by atoms with E-state index in [0.717, 1.165) is 61.7 Å². The number of piperazine rings is 1. The maximum absolute atomic E-state index is 13.6. The molecule has 5 aromatic rings. The molecule has 45 heavy (non-hydrogen) atoms. The summed E-state index contributed by atoms with van der Waals surface area (Å²) in [5, 5.41) is 3.47. The summed E-state index contributed by atoms with van der Waals surface area (Å²) < 4.78 is 1.99. The van der Waals surface area contributed by atoms with Gasteiger partial charge in [-0.15, -0.1) is 0 Å². The van der Waals surface area contributed by atoms with E-state index in [2.05, 4.69) is 92.9 Å². The molecule has 2 saturated heterocycles. The Morgan fingerprint density at radius 1 is 0.800 bits per heavy atom. The van der Waals surface area contributed by atoms with E-state index in [-0.39, 0.29) is 18.5 Å². The second-order valence-corrected chi connectivity index (χ2v) is 12.4. The Balaban J connectivity index is 0.977. The molecule has 228 valence electrons. The van der Waals surface area contributed by atoms with E-state index in [1.165, 1.54) is 40.8 Å². The van der Waals surface area contributed by atoms with E-state index < -0.39 is 0 Å². The van der Waals surface area contributed by atoms with Gasteiger partial charge in [0.25, 0.3) is 0 Å². The molecule has 2 aliphatic heterocycles. The maximum atomic E-state index is 13.6. The molecule has 0 radical (unpaired) electrons. The lowest BCUT2D eigenvalue weighted by Gasteiger charge is -2.40. The lowest BCUT2D eigenvalue weighted by atomic mass is 9.92. The molecule has 2 aromatic heterocycles. The van der Waals surface area contributed by atoms with Crippen LogP contribution in [-0.4, -0.2) is 75.9 Å². The zero-order valence-electron chi connectivity index (χ0n) is 25.6. The highest BCUT2D eigenvalue weighted by Gasteiger charge is 2.32. The summed E-state index contributed by atoms with van der Waals surface area (Å²) in [6.45, 7) is 5.55. The molecule has 0 unspecified atom stereocenters. The predicted octanol–water partition coefficient (Wildman–Crippen LogP) is 5.44. The van der Waals surface area contributed by atoms with Crippen molar-refractivity contribution >= 4 is 23.1 Å². The summed E-state index contributed by atoms with van der Waals surface area (Å²) in [5.41, 5.74) is 9.55. The number of nitrogens with one attached hydrogen (secondary N) is 1. The smallest absolute Gasteiger partial charge is 0.242 e. The first-order chi connectivity index (χ1) is 22.2. The summed E-state index contributed by atoms with van der Waals surface area (Å²) in [4.78, 5) is 29.8. The van der Waals surface area contributed by atoms with Crippen LogP contribution < -0.4 is 10.2 Å². The summed E-state index contributed by atoms with van der Waals surface area (Å²) in [7, 11) is 0. The molecule has 4 heterocycles. The van der Waals surface area contributed by atoms with E-state index in [0.29, 0.717) is 13.1 Å². The number of carbonyl (C=O) groups excluding carboxylic acids is 1. The molecule has 3 aliphatic rings. The van der Waals surface area contributed by atoms with Crippen molar-refractivity contribution in [3.63, 3.8) is 0 Å². The van der Waals surface area contributed by atoms with Crippen LogP contribution in [0.15, 0.2) is 91.4 Å². The number of benzene rings is 3. The fraction of sp³-hybridized carbons (Fsp3) is 0.324. The van der Waals surface area contributed by atoms with Crippen molar-refractivity contribution in [3.05, 3.63) is 114 Å². The van der Waals surface area contributed by atoms with Crippen LogP contribution in [0.2, 0.25) is 0 Å². The Hall–Kier alpha value is -4.69.